The SMILES string of the molecule is COc1ccc(Nc2nc3nc(C(F)(F)F)[nH]c3nc2OC)cc1. The van der Waals surface area contributed by atoms with Gasteiger partial charge in [-0.3, -0.25) is 0 Å². The number of benzene rings is 1. The minimum absolute atomic E-state index is 0.0377. The molecule has 0 spiro atoms. The Balaban J connectivity index is 1.99. The summed E-state index contributed by atoms with van der Waals surface area (Å²) in [6, 6.07) is 6.87. The molecule has 0 saturated carbocycles. The molecular weight excluding hydrogens is 327 g/mol. The Morgan fingerprint density at radius 2 is 1.71 bits per heavy atom. The maximum atomic E-state index is 12.7. The third-order valence-corrected chi connectivity index (χ3v) is 3.11. The molecule has 0 atom stereocenters. The van der Waals surface area contributed by atoms with Crippen LogP contribution in [0.2, 0.25) is 0 Å². The summed E-state index contributed by atoms with van der Waals surface area (Å²) in [5, 5.41) is 2.93. The van der Waals surface area contributed by atoms with Crippen LogP contribution >= 0.6 is 0 Å². The number of methoxy groups -OCH3 is 2. The number of imidazole rings is 1. The van der Waals surface area contributed by atoms with Gasteiger partial charge in [0.2, 0.25) is 5.82 Å². The zero-order chi connectivity index (χ0) is 17.3. The molecule has 3 aromatic rings. The molecule has 0 aliphatic heterocycles. The minimum Gasteiger partial charge on any atom is -0.497 e. The number of nitrogens with one attached hydrogen (secondary N) is 2. The quantitative estimate of drug-likeness (QED) is 0.760. The number of nitrogens with zero attached hydrogens (tertiary/aromatic N) is 3. The lowest BCUT2D eigenvalue weighted by Gasteiger charge is -2.09. The molecule has 0 amide bonds. The number of anilines is 2. The second kappa shape index (κ2) is 5.87. The highest BCUT2D eigenvalue weighted by molar-refractivity contribution is 5.73. The van der Waals surface area contributed by atoms with Gasteiger partial charge in [-0.05, 0) is 24.3 Å². The lowest BCUT2D eigenvalue weighted by Crippen LogP contribution is -2.06. The second-order valence-corrected chi connectivity index (χ2v) is 4.69. The molecule has 2 N–H and O–H groups in total. The number of halogens is 3. The van der Waals surface area contributed by atoms with Crippen LogP contribution in [0.3, 0.4) is 0 Å². The van der Waals surface area contributed by atoms with E-state index in [1.54, 1.807) is 31.4 Å². The maximum Gasteiger partial charge on any atom is 0.449 e. The summed E-state index contributed by atoms with van der Waals surface area (Å²) >= 11 is 0. The monoisotopic (exact) mass is 339 g/mol. The predicted octanol–water partition coefficient (Wildman–Crippen LogP) is 3.13. The maximum absolute atomic E-state index is 12.7. The molecule has 24 heavy (non-hydrogen) atoms. The van der Waals surface area contributed by atoms with Crippen molar-refractivity contribution in [1.29, 1.82) is 0 Å². The molecule has 1 aromatic carbocycles. The standard InChI is InChI=1S/C14H12F3N5O2/c1-23-8-5-3-7(4-6-8)18-11-12(24-2)20-10-9(19-11)21-13(22-10)14(15,16)17/h3-6H,1-2H3,(H2,18,19,20,21,22). The van der Waals surface area contributed by atoms with E-state index in [0.717, 1.165) is 0 Å². The van der Waals surface area contributed by atoms with Gasteiger partial charge in [-0.2, -0.15) is 18.2 Å². The van der Waals surface area contributed by atoms with Crippen LogP contribution in [-0.4, -0.2) is 34.2 Å². The van der Waals surface area contributed by atoms with Crippen molar-refractivity contribution in [1.82, 2.24) is 19.9 Å². The molecule has 0 radical (unpaired) electrons. The average molecular weight is 339 g/mol. The van der Waals surface area contributed by atoms with Gasteiger partial charge >= 0.3 is 6.18 Å². The van der Waals surface area contributed by atoms with Crippen molar-refractivity contribution in [3.05, 3.63) is 30.1 Å². The minimum atomic E-state index is -4.61. The zero-order valence-corrected chi connectivity index (χ0v) is 12.6. The van der Waals surface area contributed by atoms with E-state index in [1.807, 2.05) is 0 Å². The highest BCUT2D eigenvalue weighted by atomic mass is 19.4. The van der Waals surface area contributed by atoms with Crippen molar-refractivity contribution in [3.8, 4) is 11.6 Å². The molecule has 3 rings (SSSR count). The summed E-state index contributed by atoms with van der Waals surface area (Å²) in [4.78, 5) is 13.5. The molecule has 0 aliphatic rings. The molecule has 0 fully saturated rings. The van der Waals surface area contributed by atoms with Crippen LogP contribution in [0.5, 0.6) is 11.6 Å². The van der Waals surface area contributed by atoms with Gasteiger partial charge in [-0.1, -0.05) is 0 Å². The smallest absolute Gasteiger partial charge is 0.449 e. The predicted molar refractivity (Wildman–Crippen MR) is 79.5 cm³/mol. The summed E-state index contributed by atoms with van der Waals surface area (Å²) < 4.78 is 48.3. The fourth-order valence-electron chi connectivity index (χ4n) is 1.99. The van der Waals surface area contributed by atoms with Gasteiger partial charge in [-0.25, -0.2) is 9.97 Å². The van der Waals surface area contributed by atoms with Crippen LogP contribution < -0.4 is 14.8 Å². The van der Waals surface area contributed by atoms with Crippen molar-refractivity contribution < 1.29 is 22.6 Å². The molecule has 126 valence electrons. The molecule has 2 heterocycles. The van der Waals surface area contributed by atoms with E-state index in [1.165, 1.54) is 7.11 Å². The normalized spacial score (nSPS) is 11.5. The number of hydrogen-bond donors (Lipinski definition) is 2. The highest BCUT2D eigenvalue weighted by Crippen LogP contribution is 2.30. The summed E-state index contributed by atoms with van der Waals surface area (Å²) in [6.07, 6.45) is -4.61. The van der Waals surface area contributed by atoms with Gasteiger partial charge in [0.15, 0.2) is 17.1 Å². The number of aromatic nitrogens is 4. The van der Waals surface area contributed by atoms with E-state index in [0.29, 0.717) is 11.4 Å². The van der Waals surface area contributed by atoms with E-state index in [-0.39, 0.29) is 23.0 Å². The topological polar surface area (TPSA) is 85.0 Å². The number of rotatable bonds is 4. The molecule has 0 bridgehead atoms. The molecule has 0 aliphatic carbocycles. The lowest BCUT2D eigenvalue weighted by atomic mass is 10.3. The molecule has 2 aromatic heterocycles. The Kier molecular flexibility index (Phi) is 3.87. The number of alkyl halides is 3. The van der Waals surface area contributed by atoms with Crippen LogP contribution in [0, 0.1) is 0 Å². The molecule has 7 nitrogen and oxygen atoms in total. The summed E-state index contributed by atoms with van der Waals surface area (Å²) in [5.41, 5.74) is 0.355. The van der Waals surface area contributed by atoms with Gasteiger partial charge in [0.05, 0.1) is 14.2 Å². The molecular formula is C14H12F3N5O2. The van der Waals surface area contributed by atoms with Crippen molar-refractivity contribution in [3.63, 3.8) is 0 Å². The fourth-order valence-corrected chi connectivity index (χ4v) is 1.99. The van der Waals surface area contributed by atoms with Crippen LogP contribution in [0.25, 0.3) is 11.3 Å². The fraction of sp³-hybridized carbons (Fsp3) is 0.214. The number of aromatic amines is 1. The third-order valence-electron chi connectivity index (χ3n) is 3.11. The summed E-state index contributed by atoms with van der Waals surface area (Å²) in [6.45, 7) is 0. The number of hydrogen-bond acceptors (Lipinski definition) is 6. The van der Waals surface area contributed by atoms with Crippen molar-refractivity contribution in [2.45, 2.75) is 6.18 Å². The van der Waals surface area contributed by atoms with Crippen LogP contribution in [0.1, 0.15) is 5.82 Å². The Morgan fingerprint density at radius 1 is 1.00 bits per heavy atom. The molecule has 10 heteroatoms. The molecule has 0 unspecified atom stereocenters. The first-order valence-corrected chi connectivity index (χ1v) is 6.70. The average Bonchev–Trinajstić information content (AvgIpc) is 2.98. The largest absolute Gasteiger partial charge is 0.497 e. The second-order valence-electron chi connectivity index (χ2n) is 4.69. The molecule has 0 saturated heterocycles. The van der Waals surface area contributed by atoms with Gasteiger partial charge < -0.3 is 19.8 Å². The van der Waals surface area contributed by atoms with Gasteiger partial charge in [-0.15, -0.1) is 0 Å². The Morgan fingerprint density at radius 3 is 2.29 bits per heavy atom. The first kappa shape index (κ1) is 15.8. The zero-order valence-electron chi connectivity index (χ0n) is 12.6. The van der Waals surface area contributed by atoms with E-state index in [2.05, 4.69) is 25.3 Å². The van der Waals surface area contributed by atoms with Crippen LogP contribution in [0.15, 0.2) is 24.3 Å². The Hall–Kier alpha value is -3.04. The number of fused-ring (bicyclic) bond motifs is 1. The highest BCUT2D eigenvalue weighted by Gasteiger charge is 2.35. The van der Waals surface area contributed by atoms with E-state index >= 15 is 0 Å². The van der Waals surface area contributed by atoms with E-state index < -0.39 is 12.0 Å². The van der Waals surface area contributed by atoms with Crippen LogP contribution in [0.4, 0.5) is 24.7 Å². The van der Waals surface area contributed by atoms with Gasteiger partial charge in [0.25, 0.3) is 5.88 Å². The van der Waals surface area contributed by atoms with Crippen molar-refractivity contribution in [2.24, 2.45) is 0 Å². The number of ether oxygens (including phenoxy) is 2. The number of H-pyrrole nitrogens is 1. The summed E-state index contributed by atoms with van der Waals surface area (Å²) in [5.74, 6) is -0.316. The Bertz CT molecular complexity index is 861. The van der Waals surface area contributed by atoms with Crippen molar-refractivity contribution in [2.75, 3.05) is 19.5 Å². The Labute approximate surface area is 133 Å². The van der Waals surface area contributed by atoms with Crippen LogP contribution in [-0.2, 0) is 6.18 Å². The summed E-state index contributed by atoms with van der Waals surface area (Å²) in [7, 11) is 2.89. The first-order chi connectivity index (χ1) is 11.4. The van der Waals surface area contributed by atoms with E-state index in [9.17, 15) is 13.2 Å². The first-order valence-electron chi connectivity index (χ1n) is 6.70. The lowest BCUT2D eigenvalue weighted by molar-refractivity contribution is -0.144. The van der Waals surface area contributed by atoms with Gasteiger partial charge in [0, 0.05) is 5.69 Å². The van der Waals surface area contributed by atoms with Crippen molar-refractivity contribution >= 4 is 22.8 Å². The van der Waals surface area contributed by atoms with E-state index in [4.69, 9.17) is 9.47 Å². The third kappa shape index (κ3) is 3.03. The van der Waals surface area contributed by atoms with Gasteiger partial charge in [0.1, 0.15) is 5.75 Å².